The fourth-order valence-electron chi connectivity index (χ4n) is 3.19. The van der Waals surface area contributed by atoms with Gasteiger partial charge in [0, 0.05) is 13.6 Å². The summed E-state index contributed by atoms with van der Waals surface area (Å²) in [5, 5.41) is 2.69. The maximum absolute atomic E-state index is 13.1. The maximum atomic E-state index is 13.1. The minimum atomic E-state index is -0.474. The Balaban J connectivity index is 2.28. The number of nitrogens with one attached hydrogen (secondary N) is 1. The Labute approximate surface area is 156 Å². The average molecular weight is 352 g/mol. The highest BCUT2D eigenvalue weighted by atomic mass is 16.2. The van der Waals surface area contributed by atoms with Crippen molar-refractivity contribution in [1.29, 1.82) is 0 Å². The quantitative estimate of drug-likeness (QED) is 0.830. The summed E-state index contributed by atoms with van der Waals surface area (Å²) in [5.74, 6) is -0.162. The van der Waals surface area contributed by atoms with Crippen molar-refractivity contribution in [2.45, 2.75) is 46.2 Å². The third-order valence-electron chi connectivity index (χ3n) is 4.51. The lowest BCUT2D eigenvalue weighted by molar-refractivity contribution is -0.140. The molecular formula is C22H28N2O2. The SMILES string of the molecule is CC[C@H](C(=O)NC)N(Cc1cccc(C)c1)C(=O)Cc1cccc(C)c1. The van der Waals surface area contributed by atoms with Crippen molar-refractivity contribution in [3.05, 3.63) is 70.8 Å². The summed E-state index contributed by atoms with van der Waals surface area (Å²) in [6.45, 7) is 6.40. The van der Waals surface area contributed by atoms with E-state index in [2.05, 4.69) is 11.4 Å². The first-order chi connectivity index (χ1) is 12.4. The topological polar surface area (TPSA) is 49.4 Å². The van der Waals surface area contributed by atoms with Gasteiger partial charge in [-0.1, -0.05) is 66.6 Å². The first kappa shape index (κ1) is 19.7. The molecule has 0 aliphatic heterocycles. The van der Waals surface area contributed by atoms with Crippen LogP contribution in [0.2, 0.25) is 0 Å². The molecule has 0 bridgehead atoms. The van der Waals surface area contributed by atoms with E-state index in [-0.39, 0.29) is 11.8 Å². The maximum Gasteiger partial charge on any atom is 0.242 e. The Morgan fingerprint density at radius 1 is 1.00 bits per heavy atom. The zero-order valence-corrected chi connectivity index (χ0v) is 16.1. The standard InChI is InChI=1S/C22H28N2O2/c1-5-20(22(26)23-4)24(15-19-11-7-9-17(3)13-19)21(25)14-18-10-6-8-16(2)12-18/h6-13,20H,5,14-15H2,1-4H3,(H,23,26)/t20-/m1/s1. The molecule has 0 spiro atoms. The lowest BCUT2D eigenvalue weighted by atomic mass is 10.0. The van der Waals surface area contributed by atoms with Gasteiger partial charge in [0.2, 0.25) is 11.8 Å². The Morgan fingerprint density at radius 2 is 1.58 bits per heavy atom. The van der Waals surface area contributed by atoms with Gasteiger partial charge in [-0.2, -0.15) is 0 Å². The predicted octanol–water partition coefficient (Wildman–Crippen LogP) is 3.40. The molecule has 0 fully saturated rings. The van der Waals surface area contributed by atoms with Crippen LogP contribution in [0.25, 0.3) is 0 Å². The molecule has 4 nitrogen and oxygen atoms in total. The van der Waals surface area contributed by atoms with Gasteiger partial charge in [0.05, 0.1) is 6.42 Å². The van der Waals surface area contributed by atoms with Gasteiger partial charge in [0.1, 0.15) is 6.04 Å². The summed E-state index contributed by atoms with van der Waals surface area (Å²) in [5.41, 5.74) is 4.27. The van der Waals surface area contributed by atoms with E-state index in [9.17, 15) is 9.59 Å². The molecule has 0 radical (unpaired) electrons. The number of hydrogen-bond acceptors (Lipinski definition) is 2. The molecule has 0 saturated heterocycles. The normalized spacial score (nSPS) is 11.7. The Morgan fingerprint density at radius 3 is 2.12 bits per heavy atom. The summed E-state index contributed by atoms with van der Waals surface area (Å²) in [6, 6.07) is 15.5. The molecule has 138 valence electrons. The van der Waals surface area contributed by atoms with Gasteiger partial charge in [0.25, 0.3) is 0 Å². The van der Waals surface area contributed by atoms with Crippen molar-refractivity contribution in [3.63, 3.8) is 0 Å². The summed E-state index contributed by atoms with van der Waals surface area (Å²) < 4.78 is 0. The molecule has 2 amide bonds. The molecule has 2 aromatic carbocycles. The highest BCUT2D eigenvalue weighted by Gasteiger charge is 2.27. The molecule has 0 heterocycles. The van der Waals surface area contributed by atoms with Gasteiger partial charge < -0.3 is 10.2 Å². The second-order valence-corrected chi connectivity index (χ2v) is 6.71. The van der Waals surface area contributed by atoms with Crippen LogP contribution in [0.1, 0.15) is 35.6 Å². The van der Waals surface area contributed by atoms with Crippen LogP contribution in [-0.2, 0) is 22.6 Å². The number of likely N-dealkylation sites (N-methyl/N-ethyl adjacent to an activating group) is 1. The van der Waals surface area contributed by atoms with Crippen LogP contribution in [-0.4, -0.2) is 29.8 Å². The smallest absolute Gasteiger partial charge is 0.242 e. The van der Waals surface area contributed by atoms with E-state index < -0.39 is 6.04 Å². The van der Waals surface area contributed by atoms with Crippen LogP contribution in [0.5, 0.6) is 0 Å². The fourth-order valence-corrected chi connectivity index (χ4v) is 3.19. The lowest BCUT2D eigenvalue weighted by Gasteiger charge is -2.30. The van der Waals surface area contributed by atoms with Crippen molar-refractivity contribution >= 4 is 11.8 Å². The fraction of sp³-hybridized carbons (Fsp3) is 0.364. The number of aryl methyl sites for hydroxylation is 2. The highest BCUT2D eigenvalue weighted by molar-refractivity contribution is 5.88. The number of rotatable bonds is 7. The molecule has 2 rings (SSSR count). The van der Waals surface area contributed by atoms with Crippen molar-refractivity contribution in [2.75, 3.05) is 7.05 Å². The number of carbonyl (C=O) groups excluding carboxylic acids is 2. The average Bonchev–Trinajstić information content (AvgIpc) is 2.61. The Bertz CT molecular complexity index is 770. The molecule has 4 heteroatoms. The summed E-state index contributed by atoms with van der Waals surface area (Å²) in [4.78, 5) is 27.1. The second kappa shape index (κ2) is 9.18. The molecule has 0 unspecified atom stereocenters. The predicted molar refractivity (Wildman–Crippen MR) is 105 cm³/mol. The molecular weight excluding hydrogens is 324 g/mol. The van der Waals surface area contributed by atoms with Gasteiger partial charge in [-0.3, -0.25) is 9.59 Å². The summed E-state index contributed by atoms with van der Waals surface area (Å²) in [6.07, 6.45) is 0.867. The van der Waals surface area contributed by atoms with E-state index in [1.165, 1.54) is 0 Å². The minimum Gasteiger partial charge on any atom is -0.357 e. The van der Waals surface area contributed by atoms with Gasteiger partial charge in [-0.25, -0.2) is 0 Å². The van der Waals surface area contributed by atoms with Gasteiger partial charge in [0.15, 0.2) is 0 Å². The van der Waals surface area contributed by atoms with Crippen molar-refractivity contribution in [2.24, 2.45) is 0 Å². The molecule has 0 aliphatic carbocycles. The molecule has 1 atom stereocenters. The molecule has 26 heavy (non-hydrogen) atoms. The number of hydrogen-bond donors (Lipinski definition) is 1. The van der Waals surface area contributed by atoms with Crippen LogP contribution in [0.15, 0.2) is 48.5 Å². The monoisotopic (exact) mass is 352 g/mol. The van der Waals surface area contributed by atoms with Crippen molar-refractivity contribution < 1.29 is 9.59 Å². The van der Waals surface area contributed by atoms with Crippen molar-refractivity contribution in [3.8, 4) is 0 Å². The van der Waals surface area contributed by atoms with Gasteiger partial charge in [-0.15, -0.1) is 0 Å². The first-order valence-electron chi connectivity index (χ1n) is 9.06. The number of amides is 2. The van der Waals surface area contributed by atoms with E-state index >= 15 is 0 Å². The van der Waals surface area contributed by atoms with E-state index in [1.807, 2.05) is 63.2 Å². The molecule has 0 saturated carbocycles. The van der Waals surface area contributed by atoms with Gasteiger partial charge in [-0.05, 0) is 31.4 Å². The van der Waals surface area contributed by atoms with Crippen LogP contribution >= 0.6 is 0 Å². The van der Waals surface area contributed by atoms with E-state index in [1.54, 1.807) is 11.9 Å². The zero-order chi connectivity index (χ0) is 19.1. The van der Waals surface area contributed by atoms with E-state index in [4.69, 9.17) is 0 Å². The second-order valence-electron chi connectivity index (χ2n) is 6.71. The Hall–Kier alpha value is -2.62. The van der Waals surface area contributed by atoms with Gasteiger partial charge >= 0.3 is 0 Å². The number of nitrogens with zero attached hydrogens (tertiary/aromatic N) is 1. The van der Waals surface area contributed by atoms with Crippen LogP contribution < -0.4 is 5.32 Å². The highest BCUT2D eigenvalue weighted by Crippen LogP contribution is 2.16. The van der Waals surface area contributed by atoms with Crippen LogP contribution in [0, 0.1) is 13.8 Å². The van der Waals surface area contributed by atoms with Crippen LogP contribution in [0.4, 0.5) is 0 Å². The lowest BCUT2D eigenvalue weighted by Crippen LogP contribution is -2.48. The largest absolute Gasteiger partial charge is 0.357 e. The third-order valence-corrected chi connectivity index (χ3v) is 4.51. The van der Waals surface area contributed by atoms with Crippen molar-refractivity contribution in [1.82, 2.24) is 10.2 Å². The minimum absolute atomic E-state index is 0.0347. The Kier molecular flexibility index (Phi) is 6.96. The molecule has 2 aromatic rings. The number of carbonyl (C=O) groups is 2. The molecule has 1 N–H and O–H groups in total. The summed E-state index contributed by atoms with van der Waals surface area (Å²) >= 11 is 0. The number of benzene rings is 2. The molecule has 0 aliphatic rings. The van der Waals surface area contributed by atoms with E-state index in [0.29, 0.717) is 19.4 Å². The first-order valence-corrected chi connectivity index (χ1v) is 9.06. The van der Waals surface area contributed by atoms with Crippen LogP contribution in [0.3, 0.4) is 0 Å². The van der Waals surface area contributed by atoms with E-state index in [0.717, 1.165) is 22.3 Å². The zero-order valence-electron chi connectivity index (χ0n) is 16.1. The third kappa shape index (κ3) is 5.19. The summed E-state index contributed by atoms with van der Waals surface area (Å²) in [7, 11) is 1.61. The molecule has 0 aromatic heterocycles.